The number of benzene rings is 1. The zero-order valence-electron chi connectivity index (χ0n) is 11.2. The van der Waals surface area contributed by atoms with E-state index in [-0.39, 0.29) is 24.2 Å². The predicted octanol–water partition coefficient (Wildman–Crippen LogP) is 1.15. The molecule has 6 heteroatoms. The SMILES string of the molecule is CCS(=O)(=O)CCOc1ccc2c(c1)OCC2NC. The van der Waals surface area contributed by atoms with Crippen LogP contribution in [0.1, 0.15) is 18.5 Å². The van der Waals surface area contributed by atoms with E-state index in [2.05, 4.69) is 5.32 Å². The van der Waals surface area contributed by atoms with E-state index in [1.165, 1.54) is 0 Å². The summed E-state index contributed by atoms with van der Waals surface area (Å²) in [7, 11) is -1.09. The van der Waals surface area contributed by atoms with Gasteiger partial charge < -0.3 is 14.8 Å². The van der Waals surface area contributed by atoms with Crippen molar-refractivity contribution < 1.29 is 17.9 Å². The zero-order valence-corrected chi connectivity index (χ0v) is 12.0. The topological polar surface area (TPSA) is 64.6 Å². The van der Waals surface area contributed by atoms with Crippen LogP contribution in [0.5, 0.6) is 11.5 Å². The lowest BCUT2D eigenvalue weighted by Gasteiger charge is -2.09. The molecule has 0 aromatic heterocycles. The number of fused-ring (bicyclic) bond motifs is 1. The molecule has 1 N–H and O–H groups in total. The Hall–Kier alpha value is -1.27. The minimum absolute atomic E-state index is 0.0422. The fourth-order valence-electron chi connectivity index (χ4n) is 1.95. The average Bonchev–Trinajstić information content (AvgIpc) is 2.81. The van der Waals surface area contributed by atoms with Crippen LogP contribution in [0.2, 0.25) is 0 Å². The maximum absolute atomic E-state index is 11.3. The van der Waals surface area contributed by atoms with Crippen LogP contribution in [0.4, 0.5) is 0 Å². The summed E-state index contributed by atoms with van der Waals surface area (Å²) in [6, 6.07) is 5.82. The van der Waals surface area contributed by atoms with Crippen molar-refractivity contribution in [3.05, 3.63) is 23.8 Å². The molecule has 19 heavy (non-hydrogen) atoms. The van der Waals surface area contributed by atoms with Crippen molar-refractivity contribution >= 4 is 9.84 Å². The Bertz CT molecular complexity index is 542. The molecule has 0 fully saturated rings. The molecule has 1 aromatic rings. The van der Waals surface area contributed by atoms with Gasteiger partial charge in [0.2, 0.25) is 0 Å². The van der Waals surface area contributed by atoms with Crippen LogP contribution in [0.15, 0.2) is 18.2 Å². The molecule has 0 saturated carbocycles. The molecular weight excluding hydrogens is 266 g/mol. The van der Waals surface area contributed by atoms with Crippen LogP contribution in [0.25, 0.3) is 0 Å². The van der Waals surface area contributed by atoms with Crippen molar-refractivity contribution in [3.8, 4) is 11.5 Å². The summed E-state index contributed by atoms with van der Waals surface area (Å²) in [5.74, 6) is 1.63. The van der Waals surface area contributed by atoms with Gasteiger partial charge in [-0.3, -0.25) is 0 Å². The summed E-state index contributed by atoms with van der Waals surface area (Å²) in [6.45, 7) is 2.42. The van der Waals surface area contributed by atoms with Gasteiger partial charge in [0.15, 0.2) is 9.84 Å². The average molecular weight is 285 g/mol. The highest BCUT2D eigenvalue weighted by Crippen LogP contribution is 2.34. The van der Waals surface area contributed by atoms with Crippen molar-refractivity contribution in [2.45, 2.75) is 13.0 Å². The van der Waals surface area contributed by atoms with E-state index >= 15 is 0 Å². The van der Waals surface area contributed by atoms with E-state index in [9.17, 15) is 8.42 Å². The van der Waals surface area contributed by atoms with Gasteiger partial charge in [0, 0.05) is 17.4 Å². The molecule has 1 aromatic carbocycles. The van der Waals surface area contributed by atoms with Crippen molar-refractivity contribution in [2.24, 2.45) is 0 Å². The van der Waals surface area contributed by atoms with Gasteiger partial charge in [-0.25, -0.2) is 8.42 Å². The van der Waals surface area contributed by atoms with E-state index in [1.807, 2.05) is 25.2 Å². The molecule has 1 aliphatic rings. The van der Waals surface area contributed by atoms with Crippen LogP contribution in [0.3, 0.4) is 0 Å². The molecule has 0 radical (unpaired) electrons. The normalized spacial score (nSPS) is 17.9. The molecule has 2 rings (SSSR count). The molecule has 106 valence electrons. The van der Waals surface area contributed by atoms with Crippen molar-refractivity contribution in [1.29, 1.82) is 0 Å². The summed E-state index contributed by atoms with van der Waals surface area (Å²) in [4.78, 5) is 0. The number of likely N-dealkylation sites (N-methyl/N-ethyl adjacent to an activating group) is 1. The third-order valence-electron chi connectivity index (χ3n) is 3.22. The highest BCUT2D eigenvalue weighted by Gasteiger charge is 2.22. The minimum atomic E-state index is -2.98. The van der Waals surface area contributed by atoms with Gasteiger partial charge in [-0.2, -0.15) is 0 Å². The van der Waals surface area contributed by atoms with Crippen molar-refractivity contribution in [1.82, 2.24) is 5.32 Å². The maximum Gasteiger partial charge on any atom is 0.153 e. The Morgan fingerprint density at radius 2 is 2.26 bits per heavy atom. The lowest BCUT2D eigenvalue weighted by molar-refractivity contribution is 0.313. The Morgan fingerprint density at radius 3 is 2.95 bits per heavy atom. The highest BCUT2D eigenvalue weighted by atomic mass is 32.2. The molecule has 1 aliphatic heterocycles. The Morgan fingerprint density at radius 1 is 1.47 bits per heavy atom. The van der Waals surface area contributed by atoms with Crippen molar-refractivity contribution in [2.75, 3.05) is 31.8 Å². The largest absolute Gasteiger partial charge is 0.492 e. The molecule has 1 unspecified atom stereocenters. The zero-order chi connectivity index (χ0) is 13.9. The Labute approximate surface area is 113 Å². The van der Waals surface area contributed by atoms with Crippen LogP contribution in [0, 0.1) is 0 Å². The van der Waals surface area contributed by atoms with Gasteiger partial charge in [-0.1, -0.05) is 6.92 Å². The Balaban J connectivity index is 1.97. The first-order chi connectivity index (χ1) is 9.05. The van der Waals surface area contributed by atoms with Gasteiger partial charge in [-0.15, -0.1) is 0 Å². The minimum Gasteiger partial charge on any atom is -0.492 e. The number of rotatable bonds is 6. The van der Waals surface area contributed by atoms with Gasteiger partial charge in [-0.05, 0) is 19.2 Å². The molecule has 1 heterocycles. The number of nitrogens with one attached hydrogen (secondary N) is 1. The molecule has 0 aliphatic carbocycles. The van der Waals surface area contributed by atoms with E-state index in [0.717, 1.165) is 11.3 Å². The summed E-state index contributed by atoms with van der Waals surface area (Å²) in [5, 5.41) is 3.17. The molecule has 5 nitrogen and oxygen atoms in total. The second-order valence-corrected chi connectivity index (χ2v) is 6.91. The number of hydrogen-bond donors (Lipinski definition) is 1. The lowest BCUT2D eigenvalue weighted by Crippen LogP contribution is -2.17. The Kier molecular flexibility index (Phi) is 4.31. The monoisotopic (exact) mass is 285 g/mol. The van der Waals surface area contributed by atoms with Crippen LogP contribution < -0.4 is 14.8 Å². The van der Waals surface area contributed by atoms with Gasteiger partial charge in [0.1, 0.15) is 24.7 Å². The van der Waals surface area contributed by atoms with Crippen LogP contribution in [-0.4, -0.2) is 40.2 Å². The molecular formula is C13H19NO4S. The van der Waals surface area contributed by atoms with Gasteiger partial charge >= 0.3 is 0 Å². The first-order valence-corrected chi connectivity index (χ1v) is 8.15. The summed E-state index contributed by atoms with van der Waals surface area (Å²) >= 11 is 0. The lowest BCUT2D eigenvalue weighted by atomic mass is 10.1. The summed E-state index contributed by atoms with van der Waals surface area (Å²) in [6.07, 6.45) is 0. The first-order valence-electron chi connectivity index (χ1n) is 6.33. The van der Waals surface area contributed by atoms with E-state index < -0.39 is 9.84 Å². The predicted molar refractivity (Wildman–Crippen MR) is 73.6 cm³/mol. The van der Waals surface area contributed by atoms with Crippen LogP contribution in [-0.2, 0) is 9.84 Å². The number of sulfone groups is 1. The van der Waals surface area contributed by atoms with E-state index in [0.29, 0.717) is 12.4 Å². The first kappa shape index (κ1) is 14.1. The molecule has 0 bridgehead atoms. The quantitative estimate of drug-likeness (QED) is 0.849. The van der Waals surface area contributed by atoms with Gasteiger partial charge in [0.05, 0.1) is 11.8 Å². The second-order valence-electron chi connectivity index (χ2n) is 4.44. The summed E-state index contributed by atoms with van der Waals surface area (Å²) < 4.78 is 33.7. The fraction of sp³-hybridized carbons (Fsp3) is 0.538. The standard InChI is InChI=1S/C13H19NO4S/c1-3-19(15,16)7-6-17-10-4-5-11-12(14-2)9-18-13(11)8-10/h4-5,8,12,14H,3,6-7,9H2,1-2H3. The summed E-state index contributed by atoms with van der Waals surface area (Å²) in [5.41, 5.74) is 1.11. The fourth-order valence-corrected chi connectivity index (χ4v) is 2.58. The number of ether oxygens (including phenoxy) is 2. The van der Waals surface area contributed by atoms with E-state index in [4.69, 9.17) is 9.47 Å². The molecule has 0 spiro atoms. The van der Waals surface area contributed by atoms with Crippen molar-refractivity contribution in [3.63, 3.8) is 0 Å². The molecule has 0 amide bonds. The molecule has 1 atom stereocenters. The smallest absolute Gasteiger partial charge is 0.153 e. The highest BCUT2D eigenvalue weighted by molar-refractivity contribution is 7.91. The van der Waals surface area contributed by atoms with E-state index in [1.54, 1.807) is 6.92 Å². The van der Waals surface area contributed by atoms with Crippen LogP contribution >= 0.6 is 0 Å². The second kappa shape index (κ2) is 5.79. The van der Waals surface area contributed by atoms with Gasteiger partial charge in [0.25, 0.3) is 0 Å². The third-order valence-corrected chi connectivity index (χ3v) is 4.89. The molecule has 0 saturated heterocycles. The maximum atomic E-state index is 11.3. The third kappa shape index (κ3) is 3.39. The number of hydrogen-bond acceptors (Lipinski definition) is 5.